The van der Waals surface area contributed by atoms with Crippen LogP contribution in [0.3, 0.4) is 0 Å². The van der Waals surface area contributed by atoms with Crippen molar-refractivity contribution in [2.75, 3.05) is 13.1 Å². The fraction of sp³-hybridized carbons (Fsp3) is 0.545. The second-order valence-electron chi connectivity index (χ2n) is 4.19. The van der Waals surface area contributed by atoms with Crippen molar-refractivity contribution in [1.82, 2.24) is 10.2 Å². The van der Waals surface area contributed by atoms with Gasteiger partial charge in [-0.25, -0.2) is 0 Å². The number of rotatable bonds is 1. The van der Waals surface area contributed by atoms with Crippen molar-refractivity contribution >= 4 is 17.2 Å². The van der Waals surface area contributed by atoms with Crippen molar-refractivity contribution in [3.05, 3.63) is 22.4 Å². The van der Waals surface area contributed by atoms with Crippen LogP contribution in [0.2, 0.25) is 0 Å². The molecule has 0 bridgehead atoms. The third-order valence-electron chi connectivity index (χ3n) is 2.61. The van der Waals surface area contributed by atoms with Gasteiger partial charge in [-0.3, -0.25) is 4.79 Å². The van der Waals surface area contributed by atoms with Gasteiger partial charge in [0.05, 0.1) is 5.56 Å². The Morgan fingerprint density at radius 1 is 1.47 bits per heavy atom. The fourth-order valence-corrected chi connectivity index (χ4v) is 2.69. The number of hydrogen-bond donors (Lipinski definition) is 1. The van der Waals surface area contributed by atoms with Gasteiger partial charge >= 0.3 is 0 Å². The molecule has 2 heterocycles. The van der Waals surface area contributed by atoms with Crippen LogP contribution in [0.5, 0.6) is 0 Å². The average molecular weight is 224 g/mol. The van der Waals surface area contributed by atoms with Crippen molar-refractivity contribution in [3.63, 3.8) is 0 Å². The predicted molar refractivity (Wildman–Crippen MR) is 62.3 cm³/mol. The summed E-state index contributed by atoms with van der Waals surface area (Å²) in [6.07, 6.45) is 0. The number of amides is 1. The van der Waals surface area contributed by atoms with Gasteiger partial charge in [0.15, 0.2) is 0 Å². The van der Waals surface area contributed by atoms with Gasteiger partial charge in [-0.2, -0.15) is 11.3 Å². The predicted octanol–water partition coefficient (Wildman–Crippen LogP) is 1.57. The molecule has 2 atom stereocenters. The molecule has 2 unspecified atom stereocenters. The van der Waals surface area contributed by atoms with Crippen LogP contribution < -0.4 is 5.32 Å². The van der Waals surface area contributed by atoms with Gasteiger partial charge in [-0.1, -0.05) is 0 Å². The molecular weight excluding hydrogens is 208 g/mol. The third-order valence-corrected chi connectivity index (χ3v) is 3.30. The van der Waals surface area contributed by atoms with Crippen molar-refractivity contribution in [2.24, 2.45) is 0 Å². The maximum absolute atomic E-state index is 12.1. The van der Waals surface area contributed by atoms with Crippen LogP contribution >= 0.6 is 11.3 Å². The molecule has 1 fully saturated rings. The molecular formula is C11H16N2OS. The maximum Gasteiger partial charge on any atom is 0.254 e. The van der Waals surface area contributed by atoms with Crippen molar-refractivity contribution < 1.29 is 4.79 Å². The Labute approximate surface area is 94.1 Å². The van der Waals surface area contributed by atoms with Gasteiger partial charge in [-0.05, 0) is 25.3 Å². The fourth-order valence-electron chi connectivity index (χ4n) is 2.06. The highest BCUT2D eigenvalue weighted by atomic mass is 32.1. The van der Waals surface area contributed by atoms with Crippen LogP contribution in [-0.4, -0.2) is 36.0 Å². The summed E-state index contributed by atoms with van der Waals surface area (Å²) >= 11 is 1.57. The summed E-state index contributed by atoms with van der Waals surface area (Å²) in [5.74, 6) is 0.163. The quantitative estimate of drug-likeness (QED) is 0.785. The largest absolute Gasteiger partial charge is 0.336 e. The van der Waals surface area contributed by atoms with E-state index >= 15 is 0 Å². The van der Waals surface area contributed by atoms with Crippen LogP contribution in [0.25, 0.3) is 0 Å². The van der Waals surface area contributed by atoms with Gasteiger partial charge in [-0.15, -0.1) is 0 Å². The van der Waals surface area contributed by atoms with E-state index in [9.17, 15) is 4.79 Å². The number of nitrogens with one attached hydrogen (secondary N) is 1. The topological polar surface area (TPSA) is 32.3 Å². The minimum atomic E-state index is 0.163. The third kappa shape index (κ3) is 2.38. The lowest BCUT2D eigenvalue weighted by Gasteiger charge is -2.36. The molecule has 1 amide bonds. The molecule has 1 saturated heterocycles. The Morgan fingerprint density at radius 2 is 2.13 bits per heavy atom. The lowest BCUT2D eigenvalue weighted by atomic mass is 10.1. The van der Waals surface area contributed by atoms with Crippen LogP contribution in [-0.2, 0) is 0 Å². The minimum absolute atomic E-state index is 0.163. The first kappa shape index (κ1) is 10.6. The summed E-state index contributed by atoms with van der Waals surface area (Å²) in [5, 5.41) is 7.28. The highest BCUT2D eigenvalue weighted by molar-refractivity contribution is 7.08. The Hall–Kier alpha value is -0.870. The highest BCUT2D eigenvalue weighted by Crippen LogP contribution is 2.12. The molecule has 0 spiro atoms. The molecule has 3 nitrogen and oxygen atoms in total. The van der Waals surface area contributed by atoms with Crippen molar-refractivity contribution in [2.45, 2.75) is 25.9 Å². The van der Waals surface area contributed by atoms with Gasteiger partial charge in [0.25, 0.3) is 5.91 Å². The summed E-state index contributed by atoms with van der Waals surface area (Å²) in [4.78, 5) is 14.0. The average Bonchev–Trinajstić information content (AvgIpc) is 2.67. The van der Waals surface area contributed by atoms with E-state index in [1.807, 2.05) is 21.7 Å². The summed E-state index contributed by atoms with van der Waals surface area (Å²) in [6.45, 7) is 5.84. The van der Waals surface area contributed by atoms with E-state index in [-0.39, 0.29) is 5.91 Å². The molecule has 1 aromatic rings. The number of thiophene rings is 1. The molecule has 0 aliphatic carbocycles. The van der Waals surface area contributed by atoms with Crippen molar-refractivity contribution in [3.8, 4) is 0 Å². The normalized spacial score (nSPS) is 26.7. The van der Waals surface area contributed by atoms with Gasteiger partial charge in [0.2, 0.25) is 0 Å². The van der Waals surface area contributed by atoms with Gasteiger partial charge in [0.1, 0.15) is 0 Å². The lowest BCUT2D eigenvalue weighted by Crippen LogP contribution is -2.55. The van der Waals surface area contributed by atoms with Crippen molar-refractivity contribution in [1.29, 1.82) is 0 Å². The van der Waals surface area contributed by atoms with Crippen LogP contribution in [0.4, 0.5) is 0 Å². The Kier molecular flexibility index (Phi) is 3.07. The summed E-state index contributed by atoms with van der Waals surface area (Å²) in [5.41, 5.74) is 0.821. The van der Waals surface area contributed by atoms with E-state index in [4.69, 9.17) is 0 Å². The number of hydrogen-bond acceptors (Lipinski definition) is 3. The smallest absolute Gasteiger partial charge is 0.254 e. The van der Waals surface area contributed by atoms with E-state index < -0.39 is 0 Å². The maximum atomic E-state index is 12.1. The van der Waals surface area contributed by atoms with E-state index in [0.29, 0.717) is 12.1 Å². The second-order valence-corrected chi connectivity index (χ2v) is 4.97. The number of carbonyl (C=O) groups is 1. The first-order valence-corrected chi connectivity index (χ1v) is 6.18. The van der Waals surface area contributed by atoms with E-state index in [1.165, 1.54) is 0 Å². The molecule has 0 radical (unpaired) electrons. The molecule has 15 heavy (non-hydrogen) atoms. The molecule has 0 saturated carbocycles. The molecule has 1 aromatic heterocycles. The zero-order chi connectivity index (χ0) is 10.8. The number of carbonyl (C=O) groups excluding carboxylic acids is 1. The first-order chi connectivity index (χ1) is 7.16. The summed E-state index contributed by atoms with van der Waals surface area (Å²) in [7, 11) is 0. The molecule has 1 aliphatic heterocycles. The highest BCUT2D eigenvalue weighted by Gasteiger charge is 2.25. The Balaban J connectivity index is 2.07. The van der Waals surface area contributed by atoms with Gasteiger partial charge < -0.3 is 10.2 Å². The molecule has 2 rings (SSSR count). The SMILES string of the molecule is CC1CN(C(=O)c2ccsc2)CC(C)N1. The van der Waals surface area contributed by atoms with E-state index in [2.05, 4.69) is 19.2 Å². The number of piperazine rings is 1. The summed E-state index contributed by atoms with van der Waals surface area (Å²) < 4.78 is 0. The Morgan fingerprint density at radius 3 is 2.67 bits per heavy atom. The molecule has 1 aliphatic rings. The van der Waals surface area contributed by atoms with E-state index in [1.54, 1.807) is 11.3 Å². The molecule has 1 N–H and O–H groups in total. The van der Waals surface area contributed by atoms with Crippen LogP contribution in [0, 0.1) is 0 Å². The standard InChI is InChI=1S/C11H16N2OS/c1-8-5-13(6-9(2)12-8)11(14)10-3-4-15-7-10/h3-4,7-9,12H,5-6H2,1-2H3. The molecule has 82 valence electrons. The van der Waals surface area contributed by atoms with Crippen LogP contribution in [0.1, 0.15) is 24.2 Å². The monoisotopic (exact) mass is 224 g/mol. The second kappa shape index (κ2) is 4.33. The van der Waals surface area contributed by atoms with Crippen LogP contribution in [0.15, 0.2) is 16.8 Å². The zero-order valence-electron chi connectivity index (χ0n) is 9.06. The van der Waals surface area contributed by atoms with Gasteiger partial charge in [0, 0.05) is 30.6 Å². The summed E-state index contributed by atoms with van der Waals surface area (Å²) in [6, 6.07) is 2.66. The lowest BCUT2D eigenvalue weighted by molar-refractivity contribution is 0.0674. The molecule has 4 heteroatoms. The first-order valence-electron chi connectivity index (χ1n) is 5.24. The zero-order valence-corrected chi connectivity index (χ0v) is 9.88. The molecule has 0 aromatic carbocycles. The van der Waals surface area contributed by atoms with E-state index in [0.717, 1.165) is 18.7 Å². The minimum Gasteiger partial charge on any atom is -0.336 e. The number of nitrogens with zero attached hydrogens (tertiary/aromatic N) is 1. The Bertz CT molecular complexity index is 326.